The van der Waals surface area contributed by atoms with Crippen LogP contribution in [0.25, 0.3) is 0 Å². The quantitative estimate of drug-likeness (QED) is 0.792. The van der Waals surface area contributed by atoms with E-state index < -0.39 is 6.04 Å². The maximum Gasteiger partial charge on any atom is 0.250 e. The molecule has 0 radical (unpaired) electrons. The molecule has 1 aliphatic heterocycles. The largest absolute Gasteiger partial charge is 0.359 e. The minimum Gasteiger partial charge on any atom is -0.359 e. The maximum absolute atomic E-state index is 11.8. The topological polar surface area (TPSA) is 66.5 Å². The first-order valence-corrected chi connectivity index (χ1v) is 7.64. The molecule has 0 bridgehead atoms. The van der Waals surface area contributed by atoms with E-state index in [1.54, 1.807) is 14.0 Å². The molecule has 0 spiro atoms. The van der Waals surface area contributed by atoms with E-state index in [4.69, 9.17) is 0 Å². The molecule has 1 rings (SSSR count). The number of carbonyl (C=O) groups excluding carboxylic acids is 3. The number of rotatable bonds is 5. The van der Waals surface area contributed by atoms with Gasteiger partial charge in [0.2, 0.25) is 11.8 Å². The van der Waals surface area contributed by atoms with Crippen LogP contribution in [0.2, 0.25) is 0 Å². The van der Waals surface area contributed by atoms with E-state index in [-0.39, 0.29) is 18.2 Å². The third-order valence-corrected chi connectivity index (χ3v) is 3.13. The molecule has 0 aromatic carbocycles. The second-order valence-corrected chi connectivity index (χ2v) is 4.25. The Morgan fingerprint density at radius 2 is 1.81 bits per heavy atom. The van der Waals surface area contributed by atoms with Crippen molar-refractivity contribution in [3.05, 3.63) is 11.1 Å². The predicted octanol–water partition coefficient (Wildman–Crippen LogP) is 2.31. The van der Waals surface area contributed by atoms with Gasteiger partial charge in [0.15, 0.2) is 0 Å². The van der Waals surface area contributed by atoms with Gasteiger partial charge in [-0.1, -0.05) is 27.7 Å². The number of carbonyl (C=O) groups is 3. The molecule has 5 heteroatoms. The summed E-state index contributed by atoms with van der Waals surface area (Å²) in [6.45, 7) is 12.1. The highest BCUT2D eigenvalue weighted by molar-refractivity contribution is 5.97. The summed E-state index contributed by atoms with van der Waals surface area (Å²) in [6.07, 6.45) is 1.37. The molecule has 0 saturated heterocycles. The van der Waals surface area contributed by atoms with Gasteiger partial charge in [-0.25, -0.2) is 0 Å². The van der Waals surface area contributed by atoms with Gasteiger partial charge in [-0.05, 0) is 25.8 Å². The Balaban J connectivity index is 0. The molecule has 1 atom stereocenters. The zero-order valence-electron chi connectivity index (χ0n) is 14.4. The van der Waals surface area contributed by atoms with Crippen LogP contribution in [-0.2, 0) is 14.4 Å². The van der Waals surface area contributed by atoms with Crippen molar-refractivity contribution < 1.29 is 14.4 Å². The Bertz CT molecular complexity index is 376. The van der Waals surface area contributed by atoms with Gasteiger partial charge >= 0.3 is 0 Å². The number of hydrogen-bond acceptors (Lipinski definition) is 3. The molecular weight excluding hydrogens is 268 g/mol. The molecule has 0 aromatic heterocycles. The summed E-state index contributed by atoms with van der Waals surface area (Å²) in [5, 5.41) is 2.50. The lowest BCUT2D eigenvalue weighted by molar-refractivity contribution is -0.131. The van der Waals surface area contributed by atoms with Crippen LogP contribution >= 0.6 is 0 Å². The van der Waals surface area contributed by atoms with E-state index in [9.17, 15) is 14.4 Å². The van der Waals surface area contributed by atoms with Gasteiger partial charge in [-0.15, -0.1) is 0 Å². The normalized spacial score (nSPS) is 14.6. The lowest BCUT2D eigenvalue weighted by Crippen LogP contribution is -2.39. The van der Waals surface area contributed by atoms with Gasteiger partial charge in [0.05, 0.1) is 6.04 Å². The number of aldehydes is 1. The monoisotopic (exact) mass is 298 g/mol. The number of amides is 2. The van der Waals surface area contributed by atoms with E-state index in [0.717, 1.165) is 11.9 Å². The standard InChI is InChI=1S/C12H18N2O3.2C2H6/c1-8-6-14(12(17)9(8)2)10(7-15)4-5-11(16)13-3;2*1-2/h7,10H,4-6H2,1-3H3,(H,13,16);2*1-2H3. The number of nitrogens with zero attached hydrogens (tertiary/aromatic N) is 1. The van der Waals surface area contributed by atoms with E-state index in [1.165, 1.54) is 4.90 Å². The average molecular weight is 298 g/mol. The third kappa shape index (κ3) is 6.56. The Morgan fingerprint density at radius 1 is 1.29 bits per heavy atom. The van der Waals surface area contributed by atoms with E-state index in [0.29, 0.717) is 18.5 Å². The van der Waals surface area contributed by atoms with Crippen molar-refractivity contribution in [3.8, 4) is 0 Å². The lowest BCUT2D eigenvalue weighted by atomic mass is 10.1. The van der Waals surface area contributed by atoms with Crippen molar-refractivity contribution in [2.45, 2.75) is 60.4 Å². The van der Waals surface area contributed by atoms with Crippen molar-refractivity contribution in [2.24, 2.45) is 0 Å². The average Bonchev–Trinajstić information content (AvgIpc) is 2.79. The summed E-state index contributed by atoms with van der Waals surface area (Å²) in [6, 6.07) is -0.507. The fourth-order valence-corrected chi connectivity index (χ4v) is 1.81. The van der Waals surface area contributed by atoms with E-state index in [2.05, 4.69) is 5.32 Å². The summed E-state index contributed by atoms with van der Waals surface area (Å²) >= 11 is 0. The Labute approximate surface area is 128 Å². The van der Waals surface area contributed by atoms with Crippen molar-refractivity contribution >= 4 is 18.1 Å². The molecule has 5 nitrogen and oxygen atoms in total. The zero-order chi connectivity index (χ0) is 17.0. The van der Waals surface area contributed by atoms with Crippen molar-refractivity contribution in [3.63, 3.8) is 0 Å². The Hall–Kier alpha value is -1.65. The van der Waals surface area contributed by atoms with Crippen LogP contribution < -0.4 is 5.32 Å². The SMILES string of the molecule is CC.CC.CNC(=O)CCC(C=O)N1CC(C)=C(C)C1=O. The van der Waals surface area contributed by atoms with Crippen LogP contribution in [0.3, 0.4) is 0 Å². The fraction of sp³-hybridized carbons (Fsp3) is 0.688. The molecule has 0 aromatic rings. The molecule has 2 amide bonds. The van der Waals surface area contributed by atoms with Gasteiger partial charge in [-0.3, -0.25) is 9.59 Å². The van der Waals surface area contributed by atoms with Crippen LogP contribution in [0.5, 0.6) is 0 Å². The lowest BCUT2D eigenvalue weighted by Gasteiger charge is -2.23. The number of nitrogens with one attached hydrogen (secondary N) is 1. The molecule has 122 valence electrons. The summed E-state index contributed by atoms with van der Waals surface area (Å²) in [5.41, 5.74) is 1.69. The first kappa shape index (κ1) is 21.6. The van der Waals surface area contributed by atoms with E-state index >= 15 is 0 Å². The first-order chi connectivity index (χ1) is 10.0. The molecule has 0 saturated carbocycles. The molecule has 0 aliphatic carbocycles. The molecule has 1 heterocycles. The van der Waals surface area contributed by atoms with E-state index in [1.807, 2.05) is 34.6 Å². The molecule has 1 aliphatic rings. The minimum atomic E-state index is -0.507. The molecule has 21 heavy (non-hydrogen) atoms. The van der Waals surface area contributed by atoms with Crippen LogP contribution in [0.4, 0.5) is 0 Å². The van der Waals surface area contributed by atoms with Crippen molar-refractivity contribution in [2.75, 3.05) is 13.6 Å². The summed E-state index contributed by atoms with van der Waals surface area (Å²) < 4.78 is 0. The summed E-state index contributed by atoms with van der Waals surface area (Å²) in [5.74, 6) is -0.221. The summed E-state index contributed by atoms with van der Waals surface area (Å²) in [7, 11) is 1.55. The number of hydrogen-bond donors (Lipinski definition) is 1. The molecule has 0 fully saturated rings. The Kier molecular flexibility index (Phi) is 12.5. The van der Waals surface area contributed by atoms with Crippen LogP contribution in [-0.4, -0.2) is 42.6 Å². The predicted molar refractivity (Wildman–Crippen MR) is 85.9 cm³/mol. The smallest absolute Gasteiger partial charge is 0.250 e. The Morgan fingerprint density at radius 3 is 2.14 bits per heavy atom. The third-order valence-electron chi connectivity index (χ3n) is 3.13. The van der Waals surface area contributed by atoms with Gasteiger partial charge in [0.1, 0.15) is 6.29 Å². The van der Waals surface area contributed by atoms with Gasteiger partial charge in [0, 0.05) is 25.6 Å². The van der Waals surface area contributed by atoms with Gasteiger partial charge in [-0.2, -0.15) is 0 Å². The van der Waals surface area contributed by atoms with Crippen molar-refractivity contribution in [1.29, 1.82) is 0 Å². The minimum absolute atomic E-state index is 0.100. The molecular formula is C16H30N2O3. The first-order valence-electron chi connectivity index (χ1n) is 7.64. The van der Waals surface area contributed by atoms with Crippen molar-refractivity contribution in [1.82, 2.24) is 10.2 Å². The van der Waals surface area contributed by atoms with Gasteiger partial charge < -0.3 is 15.0 Å². The van der Waals surface area contributed by atoms with Crippen LogP contribution in [0.1, 0.15) is 54.4 Å². The summed E-state index contributed by atoms with van der Waals surface area (Å²) in [4.78, 5) is 35.5. The maximum atomic E-state index is 11.8. The second kappa shape index (κ2) is 12.1. The molecule has 1 N–H and O–H groups in total. The second-order valence-electron chi connectivity index (χ2n) is 4.25. The van der Waals surface area contributed by atoms with Crippen LogP contribution in [0.15, 0.2) is 11.1 Å². The highest BCUT2D eigenvalue weighted by atomic mass is 16.2. The zero-order valence-corrected chi connectivity index (χ0v) is 14.4. The fourth-order valence-electron chi connectivity index (χ4n) is 1.81. The highest BCUT2D eigenvalue weighted by Gasteiger charge is 2.30. The van der Waals surface area contributed by atoms with Crippen LogP contribution in [0, 0.1) is 0 Å². The molecule has 1 unspecified atom stereocenters. The highest BCUT2D eigenvalue weighted by Crippen LogP contribution is 2.21. The van der Waals surface area contributed by atoms with Gasteiger partial charge in [0.25, 0.3) is 0 Å².